The molecule has 1 fully saturated rings. The van der Waals surface area contributed by atoms with Crippen molar-refractivity contribution < 1.29 is 19.0 Å². The van der Waals surface area contributed by atoms with E-state index >= 15 is 0 Å². The molecule has 0 unspecified atom stereocenters. The number of anilines is 2. The van der Waals surface area contributed by atoms with Gasteiger partial charge in [-0.2, -0.15) is 5.26 Å². The summed E-state index contributed by atoms with van der Waals surface area (Å²) >= 11 is 0. The molecule has 9 heteroatoms. The average Bonchev–Trinajstić information content (AvgIpc) is 2.85. The Balaban J connectivity index is 1.55. The van der Waals surface area contributed by atoms with Crippen LogP contribution in [0.1, 0.15) is 28.8 Å². The highest BCUT2D eigenvalue weighted by molar-refractivity contribution is 5.96. The quantitative estimate of drug-likeness (QED) is 0.565. The molecule has 0 atom stereocenters. The summed E-state index contributed by atoms with van der Waals surface area (Å²) in [5.74, 6) is 1.33. The van der Waals surface area contributed by atoms with Crippen molar-refractivity contribution in [3.63, 3.8) is 0 Å². The van der Waals surface area contributed by atoms with Gasteiger partial charge in [-0.3, -0.25) is 4.79 Å². The van der Waals surface area contributed by atoms with Gasteiger partial charge in [0.25, 0.3) is 5.91 Å². The summed E-state index contributed by atoms with van der Waals surface area (Å²) in [6, 6.07) is 14.2. The summed E-state index contributed by atoms with van der Waals surface area (Å²) in [4.78, 5) is 20.4. The van der Waals surface area contributed by atoms with E-state index in [9.17, 15) is 10.1 Å². The lowest BCUT2D eigenvalue weighted by Gasteiger charge is -2.23. The van der Waals surface area contributed by atoms with E-state index in [0.717, 1.165) is 12.8 Å². The molecule has 0 saturated carbocycles. The van der Waals surface area contributed by atoms with E-state index < -0.39 is 5.91 Å². The second-order valence-corrected chi connectivity index (χ2v) is 7.42. The highest BCUT2D eigenvalue weighted by Gasteiger charge is 2.18. The Kier molecular flexibility index (Phi) is 6.66. The van der Waals surface area contributed by atoms with Crippen LogP contribution in [0.25, 0.3) is 11.4 Å². The topological polar surface area (TPSA) is 132 Å². The van der Waals surface area contributed by atoms with E-state index in [0.29, 0.717) is 58.7 Å². The number of amides is 1. The minimum absolute atomic E-state index is 0.0402. The van der Waals surface area contributed by atoms with Crippen LogP contribution in [0.5, 0.6) is 11.5 Å². The third kappa shape index (κ3) is 5.19. The van der Waals surface area contributed by atoms with Gasteiger partial charge in [0.15, 0.2) is 5.82 Å². The molecule has 0 radical (unpaired) electrons. The first-order valence-corrected chi connectivity index (χ1v) is 10.4. The molecule has 1 aliphatic rings. The largest absolute Gasteiger partial charge is 0.496 e. The molecule has 0 bridgehead atoms. The Morgan fingerprint density at radius 3 is 2.73 bits per heavy atom. The molecule has 2 heterocycles. The van der Waals surface area contributed by atoms with E-state index in [1.54, 1.807) is 42.6 Å². The zero-order chi connectivity index (χ0) is 23.2. The summed E-state index contributed by atoms with van der Waals surface area (Å²) in [7, 11) is 1.47. The second kappa shape index (κ2) is 9.97. The lowest BCUT2D eigenvalue weighted by atomic mass is 10.1. The van der Waals surface area contributed by atoms with Crippen molar-refractivity contribution in [2.24, 2.45) is 5.73 Å². The van der Waals surface area contributed by atoms with Crippen LogP contribution in [0.3, 0.4) is 0 Å². The maximum Gasteiger partial charge on any atom is 0.252 e. The molecule has 0 spiro atoms. The van der Waals surface area contributed by atoms with Crippen LogP contribution < -0.4 is 20.5 Å². The molecule has 168 valence electrons. The Bertz CT molecular complexity index is 1200. The Morgan fingerprint density at radius 2 is 2.00 bits per heavy atom. The maximum absolute atomic E-state index is 11.5. The van der Waals surface area contributed by atoms with Gasteiger partial charge >= 0.3 is 0 Å². The van der Waals surface area contributed by atoms with E-state index in [-0.39, 0.29) is 6.10 Å². The number of hydrogen-bond acceptors (Lipinski definition) is 8. The number of carbonyl (C=O) groups is 1. The molecule has 1 aliphatic heterocycles. The van der Waals surface area contributed by atoms with Crippen LogP contribution in [-0.4, -0.2) is 42.3 Å². The summed E-state index contributed by atoms with van der Waals surface area (Å²) < 4.78 is 16.6. The van der Waals surface area contributed by atoms with Crippen LogP contribution in [0, 0.1) is 11.3 Å². The molecule has 3 aromatic rings. The Morgan fingerprint density at radius 1 is 1.18 bits per heavy atom. The molecule has 0 aliphatic carbocycles. The number of aromatic nitrogens is 2. The van der Waals surface area contributed by atoms with Crippen molar-refractivity contribution in [2.45, 2.75) is 18.9 Å². The molecular weight excluding hydrogens is 422 g/mol. The number of nitrogens with zero attached hydrogens (tertiary/aromatic N) is 3. The smallest absolute Gasteiger partial charge is 0.252 e. The summed E-state index contributed by atoms with van der Waals surface area (Å²) in [5, 5.41) is 12.8. The third-order valence-electron chi connectivity index (χ3n) is 5.22. The van der Waals surface area contributed by atoms with Gasteiger partial charge in [0.1, 0.15) is 29.5 Å². The number of carbonyl (C=O) groups excluding carboxylic acids is 1. The zero-order valence-corrected chi connectivity index (χ0v) is 18.1. The van der Waals surface area contributed by atoms with Crippen LogP contribution in [0.2, 0.25) is 0 Å². The summed E-state index contributed by atoms with van der Waals surface area (Å²) in [6.45, 7) is 1.32. The fourth-order valence-electron chi connectivity index (χ4n) is 3.52. The lowest BCUT2D eigenvalue weighted by Crippen LogP contribution is -2.26. The van der Waals surface area contributed by atoms with Crippen LogP contribution >= 0.6 is 0 Å². The zero-order valence-electron chi connectivity index (χ0n) is 18.1. The normalized spacial score (nSPS) is 13.7. The van der Waals surface area contributed by atoms with Gasteiger partial charge in [-0.1, -0.05) is 0 Å². The minimum atomic E-state index is -0.569. The number of methoxy groups -OCH3 is 1. The van der Waals surface area contributed by atoms with E-state index in [1.807, 2.05) is 6.07 Å². The molecule has 3 N–H and O–H groups in total. The fourth-order valence-corrected chi connectivity index (χ4v) is 3.52. The van der Waals surface area contributed by atoms with E-state index in [4.69, 9.17) is 19.9 Å². The fraction of sp³-hybridized carbons (Fsp3) is 0.250. The van der Waals surface area contributed by atoms with Gasteiger partial charge in [0.05, 0.1) is 31.5 Å². The van der Waals surface area contributed by atoms with Crippen molar-refractivity contribution in [3.05, 3.63) is 59.8 Å². The predicted molar refractivity (Wildman–Crippen MR) is 121 cm³/mol. The van der Waals surface area contributed by atoms with Crippen LogP contribution in [0.4, 0.5) is 11.5 Å². The van der Waals surface area contributed by atoms with Gasteiger partial charge in [-0.15, -0.1) is 0 Å². The van der Waals surface area contributed by atoms with Gasteiger partial charge in [0, 0.05) is 36.4 Å². The Labute approximate surface area is 191 Å². The predicted octanol–water partition coefficient (Wildman–Crippen LogP) is 3.42. The number of nitrogens with one attached hydrogen (secondary N) is 1. The molecule has 9 nitrogen and oxygen atoms in total. The van der Waals surface area contributed by atoms with Crippen LogP contribution in [0.15, 0.2) is 48.7 Å². The minimum Gasteiger partial charge on any atom is -0.496 e. The number of nitrogens with two attached hydrogens (primary N) is 1. The number of rotatable bonds is 7. The van der Waals surface area contributed by atoms with Crippen molar-refractivity contribution in [3.8, 4) is 29.0 Å². The van der Waals surface area contributed by atoms with Crippen molar-refractivity contribution in [1.82, 2.24) is 9.97 Å². The van der Waals surface area contributed by atoms with E-state index in [1.165, 1.54) is 7.11 Å². The number of primary amides is 1. The van der Waals surface area contributed by atoms with Gasteiger partial charge in [-0.05, 0) is 36.4 Å². The molecule has 2 aromatic carbocycles. The first-order chi connectivity index (χ1) is 16.1. The first-order valence-electron chi connectivity index (χ1n) is 10.4. The average molecular weight is 445 g/mol. The highest BCUT2D eigenvalue weighted by atomic mass is 16.5. The number of benzene rings is 2. The SMILES string of the molecule is COc1cc(Nc2ccnc(-c3ccc(OC4CCOCC4)c(C#N)c3)n2)ccc1C(N)=O. The molecule has 33 heavy (non-hydrogen) atoms. The molecule has 4 rings (SSSR count). The van der Waals surface area contributed by atoms with Gasteiger partial charge < -0.3 is 25.3 Å². The monoisotopic (exact) mass is 445 g/mol. The second-order valence-electron chi connectivity index (χ2n) is 7.42. The molecular formula is C24H23N5O4. The van der Waals surface area contributed by atoms with Crippen molar-refractivity contribution >= 4 is 17.4 Å². The third-order valence-corrected chi connectivity index (χ3v) is 5.22. The Hall–Kier alpha value is -4.16. The summed E-state index contributed by atoms with van der Waals surface area (Å²) in [6.07, 6.45) is 3.26. The molecule has 1 aromatic heterocycles. The number of nitriles is 1. The van der Waals surface area contributed by atoms with Crippen molar-refractivity contribution in [1.29, 1.82) is 5.26 Å². The van der Waals surface area contributed by atoms with E-state index in [2.05, 4.69) is 21.4 Å². The molecule has 1 amide bonds. The number of ether oxygens (including phenoxy) is 3. The van der Waals surface area contributed by atoms with Crippen LogP contribution in [-0.2, 0) is 4.74 Å². The van der Waals surface area contributed by atoms with Gasteiger partial charge in [0.2, 0.25) is 0 Å². The maximum atomic E-state index is 11.5. The number of hydrogen-bond donors (Lipinski definition) is 2. The highest BCUT2D eigenvalue weighted by Crippen LogP contribution is 2.28. The van der Waals surface area contributed by atoms with Gasteiger partial charge in [-0.25, -0.2) is 9.97 Å². The first kappa shape index (κ1) is 22.0. The summed E-state index contributed by atoms with van der Waals surface area (Å²) in [5.41, 5.74) is 7.44. The van der Waals surface area contributed by atoms with Crippen molar-refractivity contribution in [2.75, 3.05) is 25.6 Å². The molecule has 1 saturated heterocycles. The standard InChI is InChI=1S/C24H23N5O4/c1-31-21-13-17(3-4-19(21)23(26)30)28-22-6-9-27-24(29-22)15-2-5-20(16(12-15)14-25)33-18-7-10-32-11-8-18/h2-6,9,12-13,18H,7-8,10-11H2,1H3,(H2,26,30)(H,27,28,29). The lowest BCUT2D eigenvalue weighted by molar-refractivity contribution is 0.0254.